The molecule has 0 aromatic heterocycles. The molecule has 0 radical (unpaired) electrons. The highest BCUT2D eigenvalue weighted by atomic mass is 79.9. The number of nitrogens with two attached hydrogens (primary N) is 1. The van der Waals surface area contributed by atoms with Crippen LogP contribution in [0.4, 0.5) is 0 Å². The second-order valence-electron chi connectivity index (χ2n) is 4.30. The van der Waals surface area contributed by atoms with Crippen molar-refractivity contribution in [1.29, 1.82) is 0 Å². The molecule has 2 aromatic carbocycles. The standard InChI is InChI=1S/C15H15BrClN/c16-12-7-8-14(17)13(10-12)15(18)9-6-11-4-2-1-3-5-11/h1-5,7-8,10,15H,6,9,18H2. The van der Waals surface area contributed by atoms with E-state index in [1.807, 2.05) is 36.4 Å². The SMILES string of the molecule is NC(CCc1ccccc1)c1cc(Br)ccc1Cl. The number of hydrogen-bond acceptors (Lipinski definition) is 1. The molecule has 0 saturated carbocycles. The summed E-state index contributed by atoms with van der Waals surface area (Å²) < 4.78 is 1.01. The van der Waals surface area contributed by atoms with Crippen molar-refractivity contribution in [1.82, 2.24) is 0 Å². The third kappa shape index (κ3) is 3.58. The fraction of sp³-hybridized carbons (Fsp3) is 0.200. The molecule has 3 heteroatoms. The zero-order valence-electron chi connectivity index (χ0n) is 9.94. The van der Waals surface area contributed by atoms with E-state index < -0.39 is 0 Å². The van der Waals surface area contributed by atoms with Crippen molar-refractivity contribution >= 4 is 27.5 Å². The van der Waals surface area contributed by atoms with E-state index in [1.54, 1.807) is 0 Å². The summed E-state index contributed by atoms with van der Waals surface area (Å²) >= 11 is 9.62. The molecule has 0 aliphatic carbocycles. The van der Waals surface area contributed by atoms with Gasteiger partial charge in [-0.05, 0) is 42.2 Å². The Morgan fingerprint density at radius 2 is 1.83 bits per heavy atom. The maximum atomic E-state index is 6.21. The summed E-state index contributed by atoms with van der Waals surface area (Å²) in [7, 11) is 0. The van der Waals surface area contributed by atoms with Crippen LogP contribution in [0.3, 0.4) is 0 Å². The van der Waals surface area contributed by atoms with Crippen molar-refractivity contribution < 1.29 is 0 Å². The van der Waals surface area contributed by atoms with Gasteiger partial charge in [-0.2, -0.15) is 0 Å². The minimum atomic E-state index is -0.0322. The van der Waals surface area contributed by atoms with Crippen LogP contribution in [0.15, 0.2) is 53.0 Å². The summed E-state index contributed by atoms with van der Waals surface area (Å²) in [4.78, 5) is 0. The smallest absolute Gasteiger partial charge is 0.0454 e. The predicted octanol–water partition coefficient (Wildman–Crippen LogP) is 4.74. The molecule has 1 atom stereocenters. The van der Waals surface area contributed by atoms with Crippen molar-refractivity contribution in [3.05, 3.63) is 69.2 Å². The molecule has 94 valence electrons. The van der Waals surface area contributed by atoms with E-state index in [-0.39, 0.29) is 6.04 Å². The highest BCUT2D eigenvalue weighted by Gasteiger charge is 2.10. The first kappa shape index (κ1) is 13.6. The predicted molar refractivity (Wildman–Crippen MR) is 80.8 cm³/mol. The minimum absolute atomic E-state index is 0.0322. The number of hydrogen-bond donors (Lipinski definition) is 1. The summed E-state index contributed by atoms with van der Waals surface area (Å²) in [6, 6.07) is 16.1. The van der Waals surface area contributed by atoms with E-state index in [1.165, 1.54) is 5.56 Å². The number of rotatable bonds is 4. The van der Waals surface area contributed by atoms with Crippen LogP contribution in [0.5, 0.6) is 0 Å². The average Bonchev–Trinajstić information content (AvgIpc) is 2.40. The van der Waals surface area contributed by atoms with Crippen LogP contribution in [0.25, 0.3) is 0 Å². The third-order valence-electron chi connectivity index (χ3n) is 2.94. The number of benzene rings is 2. The number of aryl methyl sites for hydroxylation is 1. The Morgan fingerprint density at radius 3 is 2.56 bits per heavy atom. The molecule has 1 nitrogen and oxygen atoms in total. The van der Waals surface area contributed by atoms with E-state index >= 15 is 0 Å². The largest absolute Gasteiger partial charge is 0.324 e. The fourth-order valence-electron chi connectivity index (χ4n) is 1.92. The molecule has 0 spiro atoms. The third-order valence-corrected chi connectivity index (χ3v) is 3.78. The summed E-state index contributed by atoms with van der Waals surface area (Å²) in [6.45, 7) is 0. The first-order chi connectivity index (χ1) is 8.66. The zero-order valence-corrected chi connectivity index (χ0v) is 12.3. The van der Waals surface area contributed by atoms with Crippen LogP contribution in [0, 0.1) is 0 Å². The molecule has 0 heterocycles. The van der Waals surface area contributed by atoms with Gasteiger partial charge < -0.3 is 5.73 Å². The Kier molecular flexibility index (Phi) is 4.81. The fourth-order valence-corrected chi connectivity index (χ4v) is 2.56. The van der Waals surface area contributed by atoms with Gasteiger partial charge in [-0.3, -0.25) is 0 Å². The Hall–Kier alpha value is -0.830. The maximum Gasteiger partial charge on any atom is 0.0454 e. The van der Waals surface area contributed by atoms with Crippen molar-refractivity contribution in [3.8, 4) is 0 Å². The first-order valence-corrected chi connectivity index (χ1v) is 7.08. The molecule has 1 unspecified atom stereocenters. The van der Waals surface area contributed by atoms with Crippen molar-refractivity contribution in [2.75, 3.05) is 0 Å². The van der Waals surface area contributed by atoms with Crippen LogP contribution < -0.4 is 5.73 Å². The van der Waals surface area contributed by atoms with Crippen LogP contribution in [-0.4, -0.2) is 0 Å². The Morgan fingerprint density at radius 1 is 1.11 bits per heavy atom. The molecule has 2 rings (SSSR count). The van der Waals surface area contributed by atoms with E-state index in [2.05, 4.69) is 28.1 Å². The van der Waals surface area contributed by atoms with Crippen LogP contribution in [-0.2, 0) is 6.42 Å². The zero-order chi connectivity index (χ0) is 13.0. The topological polar surface area (TPSA) is 26.0 Å². The summed E-state index contributed by atoms with van der Waals surface area (Å²) in [6.07, 6.45) is 1.85. The highest BCUT2D eigenvalue weighted by molar-refractivity contribution is 9.10. The number of halogens is 2. The molecular weight excluding hydrogens is 310 g/mol. The van der Waals surface area contributed by atoms with Gasteiger partial charge in [0, 0.05) is 15.5 Å². The first-order valence-electron chi connectivity index (χ1n) is 5.91. The average molecular weight is 325 g/mol. The van der Waals surface area contributed by atoms with E-state index in [0.29, 0.717) is 0 Å². The monoisotopic (exact) mass is 323 g/mol. The van der Waals surface area contributed by atoms with Gasteiger partial charge >= 0.3 is 0 Å². The van der Waals surface area contributed by atoms with E-state index in [0.717, 1.165) is 27.9 Å². The minimum Gasteiger partial charge on any atom is -0.324 e. The van der Waals surface area contributed by atoms with Gasteiger partial charge in [0.25, 0.3) is 0 Å². The lowest BCUT2D eigenvalue weighted by Crippen LogP contribution is -2.12. The molecule has 0 fully saturated rings. The van der Waals surface area contributed by atoms with Crippen molar-refractivity contribution in [3.63, 3.8) is 0 Å². The summed E-state index contributed by atoms with van der Waals surface area (Å²) in [5, 5.41) is 0.735. The molecule has 0 saturated heterocycles. The Labute approximate surface area is 121 Å². The molecule has 0 aliphatic rings. The molecular formula is C15H15BrClN. The molecule has 2 aromatic rings. The molecule has 0 aliphatic heterocycles. The van der Waals surface area contributed by atoms with Crippen molar-refractivity contribution in [2.45, 2.75) is 18.9 Å². The Balaban J connectivity index is 2.03. The van der Waals surface area contributed by atoms with Gasteiger partial charge in [-0.25, -0.2) is 0 Å². The van der Waals surface area contributed by atoms with Gasteiger partial charge in [-0.1, -0.05) is 57.9 Å². The van der Waals surface area contributed by atoms with Crippen LogP contribution in [0.2, 0.25) is 5.02 Å². The van der Waals surface area contributed by atoms with Gasteiger partial charge in [0.15, 0.2) is 0 Å². The normalized spacial score (nSPS) is 12.4. The molecule has 18 heavy (non-hydrogen) atoms. The van der Waals surface area contributed by atoms with Crippen LogP contribution in [0.1, 0.15) is 23.6 Å². The van der Waals surface area contributed by atoms with E-state index in [9.17, 15) is 0 Å². The molecule has 0 amide bonds. The Bertz CT molecular complexity index is 513. The summed E-state index contributed by atoms with van der Waals surface area (Å²) in [5.74, 6) is 0. The lowest BCUT2D eigenvalue weighted by molar-refractivity contribution is 0.651. The van der Waals surface area contributed by atoms with Crippen molar-refractivity contribution in [2.24, 2.45) is 5.73 Å². The molecule has 0 bridgehead atoms. The maximum absolute atomic E-state index is 6.21. The highest BCUT2D eigenvalue weighted by Crippen LogP contribution is 2.27. The lowest BCUT2D eigenvalue weighted by Gasteiger charge is -2.14. The van der Waals surface area contributed by atoms with E-state index in [4.69, 9.17) is 17.3 Å². The van der Waals surface area contributed by atoms with Gasteiger partial charge in [0.1, 0.15) is 0 Å². The van der Waals surface area contributed by atoms with Crippen LogP contribution >= 0.6 is 27.5 Å². The summed E-state index contributed by atoms with van der Waals surface area (Å²) in [5.41, 5.74) is 8.51. The van der Waals surface area contributed by atoms with Gasteiger partial charge in [0.05, 0.1) is 0 Å². The molecule has 2 N–H and O–H groups in total. The second kappa shape index (κ2) is 6.37. The lowest BCUT2D eigenvalue weighted by atomic mass is 10.00. The quantitative estimate of drug-likeness (QED) is 0.864. The van der Waals surface area contributed by atoms with Gasteiger partial charge in [0.2, 0.25) is 0 Å². The van der Waals surface area contributed by atoms with Gasteiger partial charge in [-0.15, -0.1) is 0 Å². The second-order valence-corrected chi connectivity index (χ2v) is 5.62.